The average molecular weight is 337 g/mol. The Morgan fingerprint density at radius 3 is 2.95 bits per heavy atom. The van der Waals surface area contributed by atoms with Crippen LogP contribution < -0.4 is 9.88 Å². The number of carbonyl (C=O) groups is 1. The van der Waals surface area contributed by atoms with E-state index in [0.717, 1.165) is 11.3 Å². The van der Waals surface area contributed by atoms with Crippen LogP contribution in [0, 0.1) is 6.92 Å². The zero-order chi connectivity index (χ0) is 15.6. The van der Waals surface area contributed by atoms with Gasteiger partial charge in [-0.1, -0.05) is 11.3 Å². The van der Waals surface area contributed by atoms with E-state index in [1.807, 2.05) is 0 Å². The van der Waals surface area contributed by atoms with Gasteiger partial charge in [0.25, 0.3) is 5.19 Å². The second-order valence-corrected chi connectivity index (χ2v) is 7.15. The Morgan fingerprint density at radius 1 is 1.67 bits per heavy atom. The maximum absolute atomic E-state index is 11.3. The summed E-state index contributed by atoms with van der Waals surface area (Å²) in [6.07, 6.45) is -1.43. The number of sulfonamides is 1. The number of primary sulfonamides is 1. The smallest absolute Gasteiger partial charge is 0.407 e. The third kappa shape index (κ3) is 4.03. The van der Waals surface area contributed by atoms with Crippen LogP contribution >= 0.6 is 11.3 Å². The first-order valence-electron chi connectivity index (χ1n) is 6.00. The van der Waals surface area contributed by atoms with Gasteiger partial charge in [-0.3, -0.25) is 0 Å². The lowest BCUT2D eigenvalue weighted by atomic mass is 10.3. The number of hydrogen-bond acceptors (Lipinski definition) is 7. The van der Waals surface area contributed by atoms with Crippen LogP contribution in [0.3, 0.4) is 0 Å². The fraction of sp³-hybridized carbons (Fsp3) is 0.600. The van der Waals surface area contributed by atoms with Gasteiger partial charge < -0.3 is 19.5 Å². The number of nitrogens with two attached hydrogens (primary N) is 1. The Bertz CT molecular complexity index is 629. The van der Waals surface area contributed by atoms with Gasteiger partial charge in [0.1, 0.15) is 12.7 Å². The van der Waals surface area contributed by atoms with Crippen LogP contribution in [0.2, 0.25) is 0 Å². The summed E-state index contributed by atoms with van der Waals surface area (Å²) in [6.45, 7) is 2.41. The molecule has 1 amide bonds. The highest BCUT2D eigenvalue weighted by Gasteiger charge is 2.25. The van der Waals surface area contributed by atoms with Crippen LogP contribution in [0.15, 0.2) is 4.21 Å². The van der Waals surface area contributed by atoms with E-state index >= 15 is 0 Å². The van der Waals surface area contributed by atoms with Gasteiger partial charge in [-0.2, -0.15) is 0 Å². The van der Waals surface area contributed by atoms with Crippen molar-refractivity contribution in [3.05, 3.63) is 5.69 Å². The monoisotopic (exact) mass is 337 g/mol. The van der Waals surface area contributed by atoms with E-state index in [0.29, 0.717) is 13.2 Å². The second kappa shape index (κ2) is 6.13. The van der Waals surface area contributed by atoms with Crippen molar-refractivity contribution in [1.82, 2.24) is 9.88 Å². The number of morpholine rings is 1. The molecule has 0 radical (unpaired) electrons. The predicted molar refractivity (Wildman–Crippen MR) is 73.1 cm³/mol. The molecule has 1 unspecified atom stereocenters. The summed E-state index contributed by atoms with van der Waals surface area (Å²) >= 11 is 0.830. The number of aromatic nitrogens is 1. The van der Waals surface area contributed by atoms with Crippen molar-refractivity contribution < 1.29 is 27.8 Å². The first-order valence-corrected chi connectivity index (χ1v) is 8.36. The van der Waals surface area contributed by atoms with E-state index in [4.69, 9.17) is 19.7 Å². The fourth-order valence-corrected chi connectivity index (χ4v) is 3.64. The number of amides is 1. The molecule has 1 aromatic heterocycles. The molecule has 0 bridgehead atoms. The topological polar surface area (TPSA) is 132 Å². The molecule has 0 aliphatic carbocycles. The van der Waals surface area contributed by atoms with Gasteiger partial charge in [-0.25, -0.2) is 23.3 Å². The molecule has 1 aliphatic rings. The molecule has 0 spiro atoms. The predicted octanol–water partition coefficient (Wildman–Crippen LogP) is -0.143. The summed E-state index contributed by atoms with van der Waals surface area (Å²) in [4.78, 5) is 16.1. The van der Waals surface area contributed by atoms with Gasteiger partial charge in [-0.15, -0.1) is 0 Å². The minimum Gasteiger partial charge on any atom is -0.467 e. The van der Waals surface area contributed by atoms with Crippen molar-refractivity contribution in [2.45, 2.75) is 17.2 Å². The molecular formula is C10H15N3O6S2. The minimum absolute atomic E-state index is 0.0470. The SMILES string of the molecule is Cc1nc(OCC2CN(C(=O)O)CCO2)sc1S(N)(=O)=O. The van der Waals surface area contributed by atoms with Gasteiger partial charge in [-0.05, 0) is 6.92 Å². The first-order chi connectivity index (χ1) is 9.77. The molecule has 1 fully saturated rings. The van der Waals surface area contributed by atoms with Crippen LogP contribution in [-0.2, 0) is 14.8 Å². The maximum Gasteiger partial charge on any atom is 0.407 e. The number of nitrogens with zero attached hydrogens (tertiary/aromatic N) is 2. The third-order valence-corrected chi connectivity index (χ3v) is 5.42. The molecule has 118 valence electrons. The summed E-state index contributed by atoms with van der Waals surface area (Å²) in [7, 11) is -3.82. The van der Waals surface area contributed by atoms with Crippen molar-refractivity contribution in [2.24, 2.45) is 5.14 Å². The molecule has 21 heavy (non-hydrogen) atoms. The first kappa shape index (κ1) is 15.9. The van der Waals surface area contributed by atoms with Crippen molar-refractivity contribution in [3.8, 4) is 5.19 Å². The molecule has 0 saturated carbocycles. The maximum atomic E-state index is 11.3. The summed E-state index contributed by atoms with van der Waals surface area (Å²) in [5, 5.41) is 14.1. The largest absolute Gasteiger partial charge is 0.467 e. The molecule has 11 heteroatoms. The van der Waals surface area contributed by atoms with E-state index in [2.05, 4.69) is 4.98 Å². The molecule has 2 rings (SSSR count). The molecule has 9 nitrogen and oxygen atoms in total. The van der Waals surface area contributed by atoms with Crippen molar-refractivity contribution in [3.63, 3.8) is 0 Å². The summed E-state index contributed by atoms with van der Waals surface area (Å²) in [5.74, 6) is 0. The zero-order valence-electron chi connectivity index (χ0n) is 11.2. The molecule has 1 saturated heterocycles. The molecule has 1 aliphatic heterocycles. The Morgan fingerprint density at radius 2 is 2.38 bits per heavy atom. The normalized spacial score (nSPS) is 19.5. The van der Waals surface area contributed by atoms with Gasteiger partial charge >= 0.3 is 6.09 Å². The molecule has 3 N–H and O–H groups in total. The highest BCUT2D eigenvalue weighted by Crippen LogP contribution is 2.28. The van der Waals surface area contributed by atoms with Crippen molar-refractivity contribution in [2.75, 3.05) is 26.3 Å². The van der Waals surface area contributed by atoms with E-state index in [1.165, 1.54) is 11.8 Å². The fourth-order valence-electron chi connectivity index (χ4n) is 1.84. The van der Waals surface area contributed by atoms with Gasteiger partial charge in [0.05, 0.1) is 18.8 Å². The molecule has 0 aromatic carbocycles. The molecule has 1 aromatic rings. The quantitative estimate of drug-likeness (QED) is 0.781. The molecule has 2 heterocycles. The number of aryl methyl sites for hydroxylation is 1. The minimum atomic E-state index is -3.82. The van der Waals surface area contributed by atoms with E-state index in [1.54, 1.807) is 0 Å². The van der Waals surface area contributed by atoms with Crippen LogP contribution in [-0.4, -0.2) is 61.9 Å². The van der Waals surface area contributed by atoms with E-state index in [9.17, 15) is 13.2 Å². The Hall–Kier alpha value is -1.43. The summed E-state index contributed by atoms with van der Waals surface area (Å²) in [6, 6.07) is 0. The third-order valence-electron chi connectivity index (χ3n) is 2.79. The van der Waals surface area contributed by atoms with Crippen LogP contribution in [0.1, 0.15) is 5.69 Å². The Balaban J connectivity index is 1.96. The van der Waals surface area contributed by atoms with Crippen LogP contribution in [0.25, 0.3) is 0 Å². The van der Waals surface area contributed by atoms with Gasteiger partial charge in [0, 0.05) is 6.54 Å². The number of hydrogen-bond donors (Lipinski definition) is 2. The van der Waals surface area contributed by atoms with E-state index < -0.39 is 22.2 Å². The average Bonchev–Trinajstić information content (AvgIpc) is 2.78. The van der Waals surface area contributed by atoms with Crippen LogP contribution in [0.5, 0.6) is 5.19 Å². The van der Waals surface area contributed by atoms with Gasteiger partial charge in [0.15, 0.2) is 4.21 Å². The molecular weight excluding hydrogens is 322 g/mol. The lowest BCUT2D eigenvalue weighted by molar-refractivity contribution is -0.0412. The molecule has 1 atom stereocenters. The van der Waals surface area contributed by atoms with Crippen molar-refractivity contribution >= 4 is 27.5 Å². The Labute approximate surface area is 125 Å². The van der Waals surface area contributed by atoms with Crippen molar-refractivity contribution in [1.29, 1.82) is 0 Å². The zero-order valence-corrected chi connectivity index (χ0v) is 12.8. The summed E-state index contributed by atoms with van der Waals surface area (Å²) < 4.78 is 33.3. The van der Waals surface area contributed by atoms with Gasteiger partial charge in [0.2, 0.25) is 10.0 Å². The Kier molecular flexibility index (Phi) is 4.66. The number of ether oxygens (including phenoxy) is 2. The lowest BCUT2D eigenvalue weighted by Gasteiger charge is -2.30. The highest BCUT2D eigenvalue weighted by molar-refractivity contribution is 7.91. The second-order valence-electron chi connectivity index (χ2n) is 4.43. The number of rotatable bonds is 4. The number of thiazole rings is 1. The van der Waals surface area contributed by atoms with Crippen LogP contribution in [0.4, 0.5) is 4.79 Å². The number of carboxylic acid groups (broad SMARTS) is 1. The summed E-state index contributed by atoms with van der Waals surface area (Å²) in [5.41, 5.74) is 0.272. The highest BCUT2D eigenvalue weighted by atomic mass is 32.2. The standard InChI is InChI=1S/C10H15N3O6S2/c1-6-8(21(11,16)17)20-9(12-6)19-5-7-4-13(10(14)15)2-3-18-7/h7H,2-5H2,1H3,(H,14,15)(H2,11,16,17). The lowest BCUT2D eigenvalue weighted by Crippen LogP contribution is -2.47. The van der Waals surface area contributed by atoms with E-state index in [-0.39, 0.29) is 28.2 Å².